The minimum atomic E-state index is -0.946. The zero-order valence-electron chi connectivity index (χ0n) is 11.0. The van der Waals surface area contributed by atoms with E-state index in [1.165, 1.54) is 12.1 Å². The molecule has 0 spiro atoms. The van der Waals surface area contributed by atoms with E-state index in [1.807, 2.05) is 27.7 Å². The third-order valence-electron chi connectivity index (χ3n) is 2.60. The van der Waals surface area contributed by atoms with E-state index in [1.54, 1.807) is 6.07 Å². The maximum absolute atomic E-state index is 13.7. The zero-order chi connectivity index (χ0) is 13.1. The van der Waals surface area contributed by atoms with Crippen LogP contribution in [-0.4, -0.2) is 18.3 Å². The molecule has 1 rings (SSSR count). The van der Waals surface area contributed by atoms with E-state index < -0.39 is 6.17 Å². The average Bonchev–Trinajstić information content (AvgIpc) is 2.18. The summed E-state index contributed by atoms with van der Waals surface area (Å²) in [6.45, 7) is 8.14. The summed E-state index contributed by atoms with van der Waals surface area (Å²) in [5, 5.41) is 3.12. The molecule has 0 saturated heterocycles. The maximum Gasteiger partial charge on any atom is 0.123 e. The largest absolute Gasteiger partial charge is 0.309 e. The van der Waals surface area contributed by atoms with Crippen LogP contribution in [0.5, 0.6) is 0 Å². The minimum absolute atomic E-state index is 0.0812. The van der Waals surface area contributed by atoms with Gasteiger partial charge < -0.3 is 5.32 Å². The van der Waals surface area contributed by atoms with Crippen LogP contribution in [-0.2, 0) is 6.42 Å². The lowest BCUT2D eigenvalue weighted by atomic mass is 10.0. The maximum atomic E-state index is 13.7. The third kappa shape index (κ3) is 5.26. The molecule has 1 nitrogen and oxygen atoms in total. The lowest BCUT2D eigenvalue weighted by Crippen LogP contribution is -2.40. The Morgan fingerprint density at radius 3 is 2.47 bits per heavy atom. The van der Waals surface area contributed by atoms with Crippen LogP contribution in [0, 0.1) is 12.7 Å². The highest BCUT2D eigenvalue weighted by Crippen LogP contribution is 2.14. The summed E-state index contributed by atoms with van der Waals surface area (Å²) in [5.41, 5.74) is 1.60. The fourth-order valence-corrected chi connectivity index (χ4v) is 1.62. The lowest BCUT2D eigenvalue weighted by Gasteiger charge is -2.22. The Bertz CT molecular complexity index is 369. The molecule has 0 amide bonds. The Hall–Kier alpha value is -0.960. The van der Waals surface area contributed by atoms with E-state index in [4.69, 9.17) is 0 Å². The van der Waals surface area contributed by atoms with Crippen molar-refractivity contribution in [3.05, 3.63) is 35.1 Å². The van der Waals surface area contributed by atoms with Crippen LogP contribution >= 0.6 is 0 Å². The third-order valence-corrected chi connectivity index (χ3v) is 2.60. The van der Waals surface area contributed by atoms with Crippen molar-refractivity contribution in [2.24, 2.45) is 0 Å². The number of nitrogens with one attached hydrogen (secondary N) is 1. The smallest absolute Gasteiger partial charge is 0.123 e. The number of rotatable bonds is 4. The molecule has 0 aliphatic heterocycles. The molecule has 0 saturated carbocycles. The van der Waals surface area contributed by atoms with E-state index in [9.17, 15) is 8.78 Å². The van der Waals surface area contributed by atoms with Gasteiger partial charge in [0.1, 0.15) is 12.0 Å². The predicted molar refractivity (Wildman–Crippen MR) is 67.5 cm³/mol. The van der Waals surface area contributed by atoms with Crippen LogP contribution < -0.4 is 5.32 Å². The molecule has 1 N–H and O–H groups in total. The van der Waals surface area contributed by atoms with Crippen molar-refractivity contribution >= 4 is 0 Å². The molecule has 0 radical (unpaired) electrons. The van der Waals surface area contributed by atoms with Gasteiger partial charge in [-0.1, -0.05) is 6.07 Å². The SMILES string of the molecule is Cc1cc(F)ccc1CC(F)CNC(C)(C)C. The molecule has 1 aromatic rings. The van der Waals surface area contributed by atoms with E-state index >= 15 is 0 Å². The second-order valence-electron chi connectivity index (χ2n) is 5.50. The highest BCUT2D eigenvalue weighted by Gasteiger charge is 2.14. The molecule has 96 valence electrons. The first-order valence-electron chi connectivity index (χ1n) is 5.92. The standard InChI is InChI=1S/C14H21F2N/c1-10-7-12(15)6-5-11(10)8-13(16)9-17-14(2,3)4/h5-7,13,17H,8-9H2,1-4H3. The fourth-order valence-electron chi connectivity index (χ4n) is 1.62. The van der Waals surface area contributed by atoms with Gasteiger partial charge in [-0.05, 0) is 51.0 Å². The zero-order valence-corrected chi connectivity index (χ0v) is 11.0. The average molecular weight is 241 g/mol. The Labute approximate surface area is 102 Å². The van der Waals surface area contributed by atoms with Gasteiger partial charge in [-0.3, -0.25) is 0 Å². The van der Waals surface area contributed by atoms with Crippen molar-refractivity contribution in [2.45, 2.75) is 45.8 Å². The molecule has 0 fully saturated rings. The normalized spacial score (nSPS) is 13.8. The summed E-state index contributed by atoms with van der Waals surface area (Å²) >= 11 is 0. The number of benzene rings is 1. The van der Waals surface area contributed by atoms with Gasteiger partial charge in [0.2, 0.25) is 0 Å². The van der Waals surface area contributed by atoms with Crippen molar-refractivity contribution in [1.29, 1.82) is 0 Å². The van der Waals surface area contributed by atoms with Gasteiger partial charge >= 0.3 is 0 Å². The first-order chi connectivity index (χ1) is 7.78. The molecule has 0 bridgehead atoms. The number of hydrogen-bond acceptors (Lipinski definition) is 1. The molecule has 0 aliphatic carbocycles. The van der Waals surface area contributed by atoms with Gasteiger partial charge in [0.05, 0.1) is 0 Å². The predicted octanol–water partition coefficient (Wildman–Crippen LogP) is 3.40. The molecule has 0 heterocycles. The summed E-state index contributed by atoms with van der Waals surface area (Å²) < 4.78 is 26.6. The molecule has 1 unspecified atom stereocenters. The topological polar surface area (TPSA) is 12.0 Å². The Morgan fingerprint density at radius 2 is 1.94 bits per heavy atom. The number of hydrogen-bond donors (Lipinski definition) is 1. The molecule has 0 aromatic heterocycles. The van der Waals surface area contributed by atoms with E-state index in [-0.39, 0.29) is 11.4 Å². The molecule has 1 atom stereocenters. The van der Waals surface area contributed by atoms with Gasteiger partial charge in [0, 0.05) is 18.5 Å². The molecule has 3 heteroatoms. The molecular weight excluding hydrogens is 220 g/mol. The van der Waals surface area contributed by atoms with Crippen molar-refractivity contribution in [3.8, 4) is 0 Å². The van der Waals surface area contributed by atoms with Crippen LogP contribution in [0.1, 0.15) is 31.9 Å². The number of aryl methyl sites for hydroxylation is 1. The Balaban J connectivity index is 2.53. The molecular formula is C14H21F2N. The highest BCUT2D eigenvalue weighted by molar-refractivity contribution is 5.27. The Morgan fingerprint density at radius 1 is 1.29 bits per heavy atom. The molecule has 1 aromatic carbocycles. The second-order valence-corrected chi connectivity index (χ2v) is 5.50. The summed E-state index contributed by atoms with van der Waals surface area (Å²) in [6.07, 6.45) is -0.617. The van der Waals surface area contributed by atoms with Crippen molar-refractivity contribution < 1.29 is 8.78 Å². The fraction of sp³-hybridized carbons (Fsp3) is 0.571. The van der Waals surface area contributed by atoms with E-state index in [0.717, 1.165) is 11.1 Å². The summed E-state index contributed by atoms with van der Waals surface area (Å²) in [6, 6.07) is 4.49. The van der Waals surface area contributed by atoms with E-state index in [2.05, 4.69) is 5.32 Å². The van der Waals surface area contributed by atoms with Crippen LogP contribution in [0.25, 0.3) is 0 Å². The number of halogens is 2. The van der Waals surface area contributed by atoms with Gasteiger partial charge in [-0.2, -0.15) is 0 Å². The van der Waals surface area contributed by atoms with Gasteiger partial charge in [0.15, 0.2) is 0 Å². The van der Waals surface area contributed by atoms with Crippen molar-refractivity contribution in [3.63, 3.8) is 0 Å². The van der Waals surface area contributed by atoms with Gasteiger partial charge in [-0.25, -0.2) is 8.78 Å². The van der Waals surface area contributed by atoms with Gasteiger partial charge in [-0.15, -0.1) is 0 Å². The number of alkyl halides is 1. The Kier molecular flexibility index (Phi) is 4.63. The lowest BCUT2D eigenvalue weighted by molar-refractivity contribution is 0.284. The van der Waals surface area contributed by atoms with Crippen LogP contribution in [0.2, 0.25) is 0 Å². The highest BCUT2D eigenvalue weighted by atomic mass is 19.1. The summed E-state index contributed by atoms with van der Waals surface area (Å²) in [4.78, 5) is 0. The van der Waals surface area contributed by atoms with E-state index in [0.29, 0.717) is 13.0 Å². The molecule has 0 aliphatic rings. The summed E-state index contributed by atoms with van der Waals surface area (Å²) in [5.74, 6) is -0.269. The molecule has 17 heavy (non-hydrogen) atoms. The van der Waals surface area contributed by atoms with Crippen LogP contribution in [0.15, 0.2) is 18.2 Å². The first-order valence-corrected chi connectivity index (χ1v) is 5.92. The van der Waals surface area contributed by atoms with Gasteiger partial charge in [0.25, 0.3) is 0 Å². The van der Waals surface area contributed by atoms with Crippen molar-refractivity contribution in [2.75, 3.05) is 6.54 Å². The first kappa shape index (κ1) is 14.1. The van der Waals surface area contributed by atoms with Crippen molar-refractivity contribution in [1.82, 2.24) is 5.32 Å². The second kappa shape index (κ2) is 5.58. The quantitative estimate of drug-likeness (QED) is 0.852. The monoisotopic (exact) mass is 241 g/mol. The van der Waals surface area contributed by atoms with Crippen LogP contribution in [0.3, 0.4) is 0 Å². The minimum Gasteiger partial charge on any atom is -0.309 e. The summed E-state index contributed by atoms with van der Waals surface area (Å²) in [7, 11) is 0. The van der Waals surface area contributed by atoms with Crippen LogP contribution in [0.4, 0.5) is 8.78 Å².